The Hall–Kier alpha value is -1.83. The highest BCUT2D eigenvalue weighted by Crippen LogP contribution is 2.36. The van der Waals surface area contributed by atoms with Crippen molar-refractivity contribution in [3.63, 3.8) is 0 Å². The van der Waals surface area contributed by atoms with Crippen LogP contribution < -0.4 is 5.32 Å². The van der Waals surface area contributed by atoms with Gasteiger partial charge in [0, 0.05) is 17.5 Å². The van der Waals surface area contributed by atoms with Gasteiger partial charge in [-0.25, -0.2) is 8.78 Å². The Morgan fingerprint density at radius 3 is 2.46 bits per heavy atom. The van der Waals surface area contributed by atoms with Crippen LogP contribution in [-0.2, 0) is 14.3 Å². The van der Waals surface area contributed by atoms with Gasteiger partial charge in [0.2, 0.25) is 0 Å². The van der Waals surface area contributed by atoms with Crippen LogP contribution in [0.4, 0.5) is 8.78 Å². The van der Waals surface area contributed by atoms with Gasteiger partial charge in [-0.1, -0.05) is 42.5 Å². The van der Waals surface area contributed by atoms with Gasteiger partial charge in [-0.05, 0) is 31.0 Å². The third-order valence-corrected chi connectivity index (χ3v) is 5.16. The van der Waals surface area contributed by atoms with Crippen LogP contribution in [0, 0.1) is 11.6 Å². The molecule has 26 heavy (non-hydrogen) atoms. The second-order valence-electron chi connectivity index (χ2n) is 6.50. The Morgan fingerprint density at radius 1 is 1.12 bits per heavy atom. The summed E-state index contributed by atoms with van der Waals surface area (Å²) in [6, 6.07) is 12.6. The van der Waals surface area contributed by atoms with E-state index in [4.69, 9.17) is 4.18 Å². The van der Waals surface area contributed by atoms with Crippen LogP contribution in [0.15, 0.2) is 48.5 Å². The highest BCUT2D eigenvalue weighted by molar-refractivity contribution is 7.86. The number of benzene rings is 2. The molecule has 1 N–H and O–H groups in total. The predicted octanol–water partition coefficient (Wildman–Crippen LogP) is 3.19. The molecule has 0 saturated carbocycles. The minimum absolute atomic E-state index is 0.0820. The Balaban J connectivity index is 2.15. The minimum Gasteiger partial charge on any atom is -0.311 e. The molecule has 1 aliphatic rings. The largest absolute Gasteiger partial charge is 0.311 e. The fourth-order valence-corrected chi connectivity index (χ4v) is 4.16. The van der Waals surface area contributed by atoms with Crippen molar-refractivity contribution in [1.29, 1.82) is 0 Å². The molecule has 0 aromatic heterocycles. The monoisotopic (exact) mass is 381 g/mol. The van der Waals surface area contributed by atoms with Crippen molar-refractivity contribution in [1.82, 2.24) is 5.32 Å². The summed E-state index contributed by atoms with van der Waals surface area (Å²) >= 11 is 0. The van der Waals surface area contributed by atoms with Crippen LogP contribution in [0.2, 0.25) is 0 Å². The van der Waals surface area contributed by atoms with E-state index >= 15 is 0 Å². The summed E-state index contributed by atoms with van der Waals surface area (Å²) in [7, 11) is -3.80. The van der Waals surface area contributed by atoms with E-state index in [9.17, 15) is 17.2 Å². The highest BCUT2D eigenvalue weighted by atomic mass is 32.2. The van der Waals surface area contributed by atoms with E-state index in [0.717, 1.165) is 25.3 Å². The van der Waals surface area contributed by atoms with Crippen molar-refractivity contribution in [2.75, 3.05) is 12.8 Å². The zero-order chi connectivity index (χ0) is 18.7. The lowest BCUT2D eigenvalue weighted by Crippen LogP contribution is -2.42. The maximum Gasteiger partial charge on any atom is 0.264 e. The number of hydrogen-bond donors (Lipinski definition) is 1. The summed E-state index contributed by atoms with van der Waals surface area (Å²) in [6.07, 6.45) is 1.65. The topological polar surface area (TPSA) is 55.4 Å². The van der Waals surface area contributed by atoms with Gasteiger partial charge in [0.15, 0.2) is 11.6 Å². The molecule has 2 aromatic rings. The van der Waals surface area contributed by atoms with E-state index in [1.165, 1.54) is 12.1 Å². The Kier molecular flexibility index (Phi) is 5.70. The summed E-state index contributed by atoms with van der Waals surface area (Å²) < 4.78 is 57.7. The molecule has 7 heteroatoms. The van der Waals surface area contributed by atoms with Gasteiger partial charge in [0.05, 0.1) is 6.26 Å². The van der Waals surface area contributed by atoms with Gasteiger partial charge >= 0.3 is 0 Å². The van der Waals surface area contributed by atoms with E-state index in [0.29, 0.717) is 12.0 Å². The van der Waals surface area contributed by atoms with Crippen molar-refractivity contribution in [2.24, 2.45) is 0 Å². The SMILES string of the molecule is CS(=O)(=O)OC(C1CCCN1)C(c1ccccc1)c1cccc(F)c1F. The summed E-state index contributed by atoms with van der Waals surface area (Å²) in [6.45, 7) is 0.724. The molecule has 0 bridgehead atoms. The van der Waals surface area contributed by atoms with E-state index < -0.39 is 33.8 Å². The van der Waals surface area contributed by atoms with Gasteiger partial charge in [-0.3, -0.25) is 4.18 Å². The average molecular weight is 381 g/mol. The highest BCUT2D eigenvalue weighted by Gasteiger charge is 2.38. The second kappa shape index (κ2) is 7.82. The molecular formula is C19H21F2NO3S. The quantitative estimate of drug-likeness (QED) is 0.781. The normalized spacial score (nSPS) is 20.0. The number of halogens is 2. The second-order valence-corrected chi connectivity index (χ2v) is 8.10. The number of rotatable bonds is 6. The molecule has 1 fully saturated rings. The zero-order valence-electron chi connectivity index (χ0n) is 14.4. The first kappa shape index (κ1) is 18.9. The summed E-state index contributed by atoms with van der Waals surface area (Å²) in [5.41, 5.74) is 0.748. The first-order valence-electron chi connectivity index (χ1n) is 8.47. The molecule has 0 radical (unpaired) electrons. The third-order valence-electron chi connectivity index (χ3n) is 4.58. The molecule has 3 atom stereocenters. The van der Waals surface area contributed by atoms with Gasteiger partial charge in [-0.2, -0.15) is 8.42 Å². The number of nitrogens with one attached hydrogen (secondary N) is 1. The molecule has 2 aromatic carbocycles. The van der Waals surface area contributed by atoms with Crippen LogP contribution in [0.5, 0.6) is 0 Å². The van der Waals surface area contributed by atoms with Crippen LogP contribution in [0.1, 0.15) is 29.9 Å². The lowest BCUT2D eigenvalue weighted by atomic mass is 9.83. The summed E-state index contributed by atoms with van der Waals surface area (Å²) in [4.78, 5) is 0. The average Bonchev–Trinajstić information content (AvgIpc) is 3.12. The van der Waals surface area contributed by atoms with E-state index in [1.807, 2.05) is 6.07 Å². The number of hydrogen-bond acceptors (Lipinski definition) is 4. The van der Waals surface area contributed by atoms with Crippen LogP contribution in [0.3, 0.4) is 0 Å². The minimum atomic E-state index is -3.80. The Labute approximate surface area is 152 Å². The standard InChI is InChI=1S/C19H21F2NO3S/c1-26(23,24)25-19(16-11-6-12-22-16)17(13-7-3-2-4-8-13)14-9-5-10-15(20)18(14)21/h2-5,7-10,16-17,19,22H,6,11-12H2,1H3. The lowest BCUT2D eigenvalue weighted by Gasteiger charge is -2.32. The summed E-state index contributed by atoms with van der Waals surface area (Å²) in [5.74, 6) is -2.72. The van der Waals surface area contributed by atoms with Crippen LogP contribution in [0.25, 0.3) is 0 Å². The summed E-state index contributed by atoms with van der Waals surface area (Å²) in [5, 5.41) is 3.23. The van der Waals surface area contributed by atoms with Crippen molar-refractivity contribution in [3.05, 3.63) is 71.3 Å². The van der Waals surface area contributed by atoms with E-state index in [2.05, 4.69) is 5.32 Å². The predicted molar refractivity (Wildman–Crippen MR) is 95.4 cm³/mol. The fourth-order valence-electron chi connectivity index (χ4n) is 3.52. The maximum absolute atomic E-state index is 14.6. The molecular weight excluding hydrogens is 360 g/mol. The maximum atomic E-state index is 14.6. The van der Waals surface area contributed by atoms with Crippen molar-refractivity contribution in [2.45, 2.75) is 30.9 Å². The van der Waals surface area contributed by atoms with Gasteiger partial charge in [-0.15, -0.1) is 0 Å². The first-order chi connectivity index (χ1) is 12.4. The van der Waals surface area contributed by atoms with Crippen molar-refractivity contribution < 1.29 is 21.4 Å². The molecule has 1 aliphatic heterocycles. The van der Waals surface area contributed by atoms with Crippen molar-refractivity contribution in [3.8, 4) is 0 Å². The molecule has 4 nitrogen and oxygen atoms in total. The van der Waals surface area contributed by atoms with Gasteiger partial charge < -0.3 is 5.32 Å². The van der Waals surface area contributed by atoms with Crippen LogP contribution in [-0.4, -0.2) is 33.4 Å². The molecule has 1 saturated heterocycles. The molecule has 0 aliphatic carbocycles. The molecule has 140 valence electrons. The molecule has 0 amide bonds. The first-order valence-corrected chi connectivity index (χ1v) is 10.3. The van der Waals surface area contributed by atoms with Gasteiger partial charge in [0.1, 0.15) is 6.10 Å². The van der Waals surface area contributed by atoms with E-state index in [1.54, 1.807) is 24.3 Å². The molecule has 1 heterocycles. The third kappa shape index (κ3) is 4.28. The van der Waals surface area contributed by atoms with Crippen LogP contribution >= 0.6 is 0 Å². The Morgan fingerprint density at radius 2 is 1.85 bits per heavy atom. The Bertz CT molecular complexity index is 852. The van der Waals surface area contributed by atoms with Gasteiger partial charge in [0.25, 0.3) is 10.1 Å². The molecule has 0 spiro atoms. The lowest BCUT2D eigenvalue weighted by molar-refractivity contribution is 0.151. The molecule has 3 unspecified atom stereocenters. The van der Waals surface area contributed by atoms with Crippen molar-refractivity contribution >= 4 is 10.1 Å². The van der Waals surface area contributed by atoms with E-state index in [-0.39, 0.29) is 11.6 Å². The smallest absolute Gasteiger partial charge is 0.264 e. The fraction of sp³-hybridized carbons (Fsp3) is 0.368. The zero-order valence-corrected chi connectivity index (χ0v) is 15.2. The molecule has 3 rings (SSSR count).